The van der Waals surface area contributed by atoms with Crippen molar-refractivity contribution in [1.29, 1.82) is 0 Å². The van der Waals surface area contributed by atoms with E-state index >= 15 is 0 Å². The van der Waals surface area contributed by atoms with Gasteiger partial charge >= 0.3 is 0 Å². The van der Waals surface area contributed by atoms with Crippen LogP contribution in [0.4, 0.5) is 0 Å². The zero-order chi connectivity index (χ0) is 12.1. The van der Waals surface area contributed by atoms with E-state index in [1.54, 1.807) is 11.3 Å². The first-order valence-electron chi connectivity index (χ1n) is 5.41. The molecule has 0 saturated carbocycles. The number of rotatable bonds is 5. The minimum absolute atomic E-state index is 0.0629. The van der Waals surface area contributed by atoms with Crippen molar-refractivity contribution in [1.82, 2.24) is 14.9 Å². The third-order valence-electron chi connectivity index (χ3n) is 2.38. The molecule has 1 amide bonds. The van der Waals surface area contributed by atoms with Crippen molar-refractivity contribution in [3.8, 4) is 0 Å². The highest BCUT2D eigenvalue weighted by Gasteiger charge is 2.13. The van der Waals surface area contributed by atoms with E-state index in [1.165, 1.54) is 5.56 Å². The maximum atomic E-state index is 11.8. The van der Waals surface area contributed by atoms with Gasteiger partial charge in [-0.25, -0.2) is 0 Å². The minimum Gasteiger partial charge on any atom is -0.351 e. The topological polar surface area (TPSA) is 54.9 Å². The molecule has 17 heavy (non-hydrogen) atoms. The van der Waals surface area contributed by atoms with Gasteiger partial charge in [-0.05, 0) is 46.8 Å². The predicted octanol–water partition coefficient (Wildman–Crippen LogP) is 2.13. The average Bonchev–Trinajstić information content (AvgIpc) is 2.99. The first-order valence-corrected chi connectivity index (χ1v) is 7.13. The van der Waals surface area contributed by atoms with E-state index in [0.29, 0.717) is 11.4 Å². The van der Waals surface area contributed by atoms with E-state index in [4.69, 9.17) is 0 Å². The fourth-order valence-electron chi connectivity index (χ4n) is 1.45. The van der Waals surface area contributed by atoms with Crippen LogP contribution in [0, 0.1) is 0 Å². The Bertz CT molecular complexity index is 479. The van der Waals surface area contributed by atoms with Crippen LogP contribution in [0.5, 0.6) is 0 Å². The van der Waals surface area contributed by atoms with Crippen LogP contribution in [0.3, 0.4) is 0 Å². The number of hydrogen-bond acceptors (Lipinski definition) is 5. The lowest BCUT2D eigenvalue weighted by atomic mass is 10.2. The van der Waals surface area contributed by atoms with Crippen LogP contribution in [-0.4, -0.2) is 22.0 Å². The third kappa shape index (κ3) is 3.10. The molecule has 2 aromatic rings. The molecule has 0 unspecified atom stereocenters. The Hall–Kier alpha value is -1.27. The number of nitrogens with zero attached hydrogens (tertiary/aromatic N) is 2. The van der Waals surface area contributed by atoms with Crippen molar-refractivity contribution in [2.45, 2.75) is 19.8 Å². The number of aryl methyl sites for hydroxylation is 1. The SMILES string of the molecule is CCc1nnsc1C(=O)NCCc1ccsc1. The minimum atomic E-state index is -0.0629. The normalized spacial score (nSPS) is 10.4. The number of amides is 1. The monoisotopic (exact) mass is 267 g/mol. The quantitative estimate of drug-likeness (QED) is 0.903. The molecule has 0 aromatic carbocycles. The van der Waals surface area contributed by atoms with E-state index in [-0.39, 0.29) is 5.91 Å². The van der Waals surface area contributed by atoms with Gasteiger partial charge in [0.15, 0.2) is 0 Å². The van der Waals surface area contributed by atoms with Crippen LogP contribution in [0.1, 0.15) is 27.9 Å². The van der Waals surface area contributed by atoms with Gasteiger partial charge in [-0.2, -0.15) is 11.3 Å². The van der Waals surface area contributed by atoms with Crippen LogP contribution >= 0.6 is 22.9 Å². The van der Waals surface area contributed by atoms with E-state index in [2.05, 4.69) is 26.4 Å². The van der Waals surface area contributed by atoms with Crippen LogP contribution in [0.15, 0.2) is 16.8 Å². The van der Waals surface area contributed by atoms with Crippen molar-refractivity contribution in [2.75, 3.05) is 6.54 Å². The maximum absolute atomic E-state index is 11.8. The largest absolute Gasteiger partial charge is 0.351 e. The van der Waals surface area contributed by atoms with Gasteiger partial charge in [-0.15, -0.1) is 5.10 Å². The number of thiophene rings is 1. The highest BCUT2D eigenvalue weighted by Crippen LogP contribution is 2.11. The van der Waals surface area contributed by atoms with Crippen molar-refractivity contribution < 1.29 is 4.79 Å². The summed E-state index contributed by atoms with van der Waals surface area (Å²) in [6, 6.07) is 2.07. The van der Waals surface area contributed by atoms with Gasteiger partial charge in [-0.3, -0.25) is 4.79 Å². The van der Waals surface area contributed by atoms with Crippen molar-refractivity contribution in [3.63, 3.8) is 0 Å². The molecule has 0 spiro atoms. The van der Waals surface area contributed by atoms with E-state index in [1.807, 2.05) is 12.3 Å². The standard InChI is InChI=1S/C11H13N3OS2/c1-2-9-10(17-14-13-9)11(15)12-5-3-8-4-6-16-7-8/h4,6-7H,2-3,5H2,1H3,(H,12,15). The molecule has 2 aromatic heterocycles. The Balaban J connectivity index is 1.85. The zero-order valence-electron chi connectivity index (χ0n) is 9.47. The van der Waals surface area contributed by atoms with E-state index in [9.17, 15) is 4.79 Å². The molecular weight excluding hydrogens is 254 g/mol. The molecule has 4 nitrogen and oxygen atoms in total. The molecule has 90 valence electrons. The van der Waals surface area contributed by atoms with Crippen molar-refractivity contribution in [2.24, 2.45) is 0 Å². The zero-order valence-corrected chi connectivity index (χ0v) is 11.1. The second-order valence-corrected chi connectivity index (χ2v) is 5.07. The number of nitrogens with one attached hydrogen (secondary N) is 1. The fraction of sp³-hybridized carbons (Fsp3) is 0.364. The van der Waals surface area contributed by atoms with Crippen LogP contribution in [-0.2, 0) is 12.8 Å². The second-order valence-electron chi connectivity index (χ2n) is 3.54. The first-order chi connectivity index (χ1) is 8.31. The molecule has 1 N–H and O–H groups in total. The molecule has 0 atom stereocenters. The molecule has 2 heterocycles. The number of hydrogen-bond donors (Lipinski definition) is 1. The Kier molecular flexibility index (Phi) is 4.22. The summed E-state index contributed by atoms with van der Waals surface area (Å²) in [6.45, 7) is 2.62. The summed E-state index contributed by atoms with van der Waals surface area (Å²) >= 11 is 2.83. The van der Waals surface area contributed by atoms with Gasteiger partial charge in [-0.1, -0.05) is 11.4 Å². The summed E-state index contributed by atoms with van der Waals surface area (Å²) in [5.41, 5.74) is 2.04. The Morgan fingerprint density at radius 2 is 2.41 bits per heavy atom. The summed E-state index contributed by atoms with van der Waals surface area (Å²) in [4.78, 5) is 12.5. The van der Waals surface area contributed by atoms with Crippen molar-refractivity contribution in [3.05, 3.63) is 33.0 Å². The van der Waals surface area contributed by atoms with Crippen molar-refractivity contribution >= 4 is 28.8 Å². The van der Waals surface area contributed by atoms with Gasteiger partial charge < -0.3 is 5.32 Å². The summed E-state index contributed by atoms with van der Waals surface area (Å²) in [5.74, 6) is -0.0629. The molecule has 0 bridgehead atoms. The molecular formula is C11H13N3OS2. The van der Waals surface area contributed by atoms with Gasteiger partial charge in [0, 0.05) is 6.54 Å². The lowest BCUT2D eigenvalue weighted by Gasteiger charge is -2.02. The molecule has 0 aliphatic heterocycles. The molecule has 2 rings (SSSR count). The first kappa shape index (κ1) is 12.2. The van der Waals surface area contributed by atoms with Crippen LogP contribution in [0.25, 0.3) is 0 Å². The molecule has 0 radical (unpaired) electrons. The average molecular weight is 267 g/mol. The highest BCUT2D eigenvalue weighted by molar-refractivity contribution is 7.08. The summed E-state index contributed by atoms with van der Waals surface area (Å²) in [7, 11) is 0. The van der Waals surface area contributed by atoms with Gasteiger partial charge in [0.2, 0.25) is 0 Å². The molecule has 0 aliphatic rings. The molecule has 0 aliphatic carbocycles. The van der Waals surface area contributed by atoms with Gasteiger partial charge in [0.1, 0.15) is 4.88 Å². The smallest absolute Gasteiger partial charge is 0.264 e. The number of aromatic nitrogens is 2. The molecule has 0 fully saturated rings. The van der Waals surface area contributed by atoms with E-state index < -0.39 is 0 Å². The van der Waals surface area contributed by atoms with Gasteiger partial charge in [0.25, 0.3) is 5.91 Å². The van der Waals surface area contributed by atoms with Crippen LogP contribution < -0.4 is 5.32 Å². The lowest BCUT2D eigenvalue weighted by Crippen LogP contribution is -2.25. The second kappa shape index (κ2) is 5.88. The lowest BCUT2D eigenvalue weighted by molar-refractivity contribution is 0.0957. The summed E-state index contributed by atoms with van der Waals surface area (Å²) in [5, 5.41) is 11.0. The molecule has 0 saturated heterocycles. The third-order valence-corrected chi connectivity index (χ3v) is 3.88. The van der Waals surface area contributed by atoms with E-state index in [0.717, 1.165) is 30.1 Å². The van der Waals surface area contributed by atoms with Crippen LogP contribution in [0.2, 0.25) is 0 Å². The summed E-state index contributed by atoms with van der Waals surface area (Å²) in [6.07, 6.45) is 1.60. The predicted molar refractivity (Wildman–Crippen MR) is 69.6 cm³/mol. The highest BCUT2D eigenvalue weighted by atomic mass is 32.1. The summed E-state index contributed by atoms with van der Waals surface area (Å²) < 4.78 is 3.80. The maximum Gasteiger partial charge on any atom is 0.264 e. The Morgan fingerprint density at radius 1 is 1.53 bits per heavy atom. The number of carbonyl (C=O) groups excluding carboxylic acids is 1. The fourth-order valence-corrected chi connectivity index (χ4v) is 2.82. The Morgan fingerprint density at radius 3 is 3.12 bits per heavy atom. The number of carbonyl (C=O) groups is 1. The Labute approximate surface area is 108 Å². The molecule has 6 heteroatoms. The van der Waals surface area contributed by atoms with Gasteiger partial charge in [0.05, 0.1) is 5.69 Å².